The average Bonchev–Trinajstić information content (AvgIpc) is 2.99. The molecule has 150 valence electrons. The number of nitrogens with zero attached hydrogens (tertiary/aromatic N) is 3. The lowest BCUT2D eigenvalue weighted by Crippen LogP contribution is -2.26. The molecular formula is C22H17N3O4S. The van der Waals surface area contributed by atoms with Crippen molar-refractivity contribution in [3.8, 4) is 17.0 Å². The van der Waals surface area contributed by atoms with Gasteiger partial charge in [0.1, 0.15) is 5.75 Å². The van der Waals surface area contributed by atoms with Gasteiger partial charge in [-0.15, -0.1) is 0 Å². The van der Waals surface area contributed by atoms with Gasteiger partial charge in [0.2, 0.25) is 4.96 Å². The lowest BCUT2D eigenvalue weighted by molar-refractivity contribution is -0.131. The van der Waals surface area contributed by atoms with Gasteiger partial charge in [-0.2, -0.15) is 14.6 Å². The molecule has 0 aliphatic rings. The van der Waals surface area contributed by atoms with Crippen LogP contribution < -0.4 is 20.4 Å². The van der Waals surface area contributed by atoms with E-state index < -0.39 is 5.56 Å². The molecule has 0 saturated heterocycles. The van der Waals surface area contributed by atoms with Gasteiger partial charge in [0.05, 0.1) is 4.53 Å². The van der Waals surface area contributed by atoms with Crippen molar-refractivity contribution in [3.05, 3.63) is 84.4 Å². The summed E-state index contributed by atoms with van der Waals surface area (Å²) in [5.74, 6) is 0.125. The van der Waals surface area contributed by atoms with Crippen molar-refractivity contribution in [2.24, 2.45) is 0 Å². The quantitative estimate of drug-likeness (QED) is 0.374. The number of hydrogen-bond donors (Lipinski definition) is 0. The minimum Gasteiger partial charge on any atom is -0.426 e. The van der Waals surface area contributed by atoms with Gasteiger partial charge in [0.25, 0.3) is 5.56 Å². The third-order valence-electron chi connectivity index (χ3n) is 4.46. The van der Waals surface area contributed by atoms with Gasteiger partial charge in [-0.1, -0.05) is 41.7 Å². The zero-order chi connectivity index (χ0) is 21.4. The highest BCUT2D eigenvalue weighted by Crippen LogP contribution is 2.25. The van der Waals surface area contributed by atoms with Crippen molar-refractivity contribution in [2.45, 2.75) is 20.8 Å². The fraction of sp³-hybridized carbons (Fsp3) is 0.136. The van der Waals surface area contributed by atoms with E-state index in [1.165, 1.54) is 6.92 Å². The molecule has 4 aromatic rings. The number of esters is 1. The molecule has 0 unspecified atom stereocenters. The summed E-state index contributed by atoms with van der Waals surface area (Å²) in [4.78, 5) is 40.8. The zero-order valence-electron chi connectivity index (χ0n) is 16.5. The van der Waals surface area contributed by atoms with Gasteiger partial charge in [0.15, 0.2) is 5.69 Å². The van der Waals surface area contributed by atoms with Crippen LogP contribution in [-0.4, -0.2) is 20.6 Å². The molecule has 0 spiro atoms. The van der Waals surface area contributed by atoms with Crippen molar-refractivity contribution < 1.29 is 9.53 Å². The van der Waals surface area contributed by atoms with Crippen LogP contribution in [0.3, 0.4) is 0 Å². The van der Waals surface area contributed by atoms with Crippen LogP contribution in [0.25, 0.3) is 22.3 Å². The molecule has 0 bridgehead atoms. The smallest absolute Gasteiger partial charge is 0.308 e. The molecular weight excluding hydrogens is 402 g/mol. The van der Waals surface area contributed by atoms with E-state index >= 15 is 0 Å². The van der Waals surface area contributed by atoms with Crippen LogP contribution in [0, 0.1) is 13.8 Å². The van der Waals surface area contributed by atoms with Crippen molar-refractivity contribution >= 4 is 28.3 Å². The van der Waals surface area contributed by atoms with Gasteiger partial charge in [0, 0.05) is 12.5 Å². The third-order valence-corrected chi connectivity index (χ3v) is 5.42. The SMILES string of the molecule is CC(=O)Oc1c(C)cc(C=c2sc3nc(=O)c(-c4ccccc4)nn3c2=O)cc1C. The Morgan fingerprint density at radius 2 is 1.77 bits per heavy atom. The lowest BCUT2D eigenvalue weighted by Gasteiger charge is -2.10. The summed E-state index contributed by atoms with van der Waals surface area (Å²) in [5, 5.41) is 4.25. The molecule has 2 aromatic carbocycles. The summed E-state index contributed by atoms with van der Waals surface area (Å²) in [5.41, 5.74) is 2.24. The lowest BCUT2D eigenvalue weighted by atomic mass is 10.1. The van der Waals surface area contributed by atoms with Gasteiger partial charge >= 0.3 is 11.5 Å². The van der Waals surface area contributed by atoms with Gasteiger partial charge in [-0.25, -0.2) is 0 Å². The first-order valence-corrected chi connectivity index (χ1v) is 9.96. The monoisotopic (exact) mass is 419 g/mol. The molecule has 0 saturated carbocycles. The van der Waals surface area contributed by atoms with Crippen LogP contribution in [0.2, 0.25) is 0 Å². The molecule has 2 aromatic heterocycles. The van der Waals surface area contributed by atoms with Crippen LogP contribution in [0.5, 0.6) is 5.75 Å². The third kappa shape index (κ3) is 3.65. The Bertz CT molecular complexity index is 1430. The molecule has 7 nitrogen and oxygen atoms in total. The maximum atomic E-state index is 12.9. The number of thiazole rings is 1. The van der Waals surface area contributed by atoms with Crippen molar-refractivity contribution in [1.29, 1.82) is 0 Å². The van der Waals surface area contributed by atoms with E-state index in [0.29, 0.717) is 15.8 Å². The Morgan fingerprint density at radius 1 is 1.10 bits per heavy atom. The summed E-state index contributed by atoms with van der Waals surface area (Å²) < 4.78 is 6.81. The second kappa shape index (κ2) is 7.64. The number of ether oxygens (including phenoxy) is 1. The Kier molecular flexibility index (Phi) is 5.01. The summed E-state index contributed by atoms with van der Waals surface area (Å²) >= 11 is 1.10. The van der Waals surface area contributed by atoms with E-state index in [4.69, 9.17) is 4.74 Å². The molecule has 0 N–H and O–H groups in total. The maximum absolute atomic E-state index is 12.9. The second-order valence-corrected chi connectivity index (χ2v) is 7.83. The van der Waals surface area contributed by atoms with E-state index in [9.17, 15) is 14.4 Å². The summed E-state index contributed by atoms with van der Waals surface area (Å²) in [6.07, 6.45) is 1.72. The Morgan fingerprint density at radius 3 is 2.40 bits per heavy atom. The molecule has 0 atom stereocenters. The standard InChI is InChI=1S/C22H17N3O4S/c1-12-9-15(10-13(2)19(12)29-14(3)26)11-17-21(28)25-22(30-17)23-20(27)18(24-25)16-7-5-4-6-8-16/h4-11H,1-3H3. The molecule has 0 aliphatic heterocycles. The zero-order valence-corrected chi connectivity index (χ0v) is 17.3. The van der Waals surface area contributed by atoms with Gasteiger partial charge in [-0.05, 0) is 48.7 Å². The van der Waals surface area contributed by atoms with Gasteiger partial charge < -0.3 is 4.74 Å². The molecule has 0 radical (unpaired) electrons. The predicted molar refractivity (Wildman–Crippen MR) is 115 cm³/mol. The first-order valence-electron chi connectivity index (χ1n) is 9.14. The number of fused-ring (bicyclic) bond motifs is 1. The van der Waals surface area contributed by atoms with Crippen molar-refractivity contribution in [2.75, 3.05) is 0 Å². The molecule has 4 rings (SSSR count). The first kappa shape index (κ1) is 19.7. The molecule has 8 heteroatoms. The topological polar surface area (TPSA) is 90.6 Å². The van der Waals surface area contributed by atoms with Gasteiger partial charge in [-0.3, -0.25) is 14.4 Å². The molecule has 30 heavy (non-hydrogen) atoms. The average molecular weight is 419 g/mol. The van der Waals surface area contributed by atoms with E-state index in [-0.39, 0.29) is 22.2 Å². The summed E-state index contributed by atoms with van der Waals surface area (Å²) in [7, 11) is 0. The summed E-state index contributed by atoms with van der Waals surface area (Å²) in [6, 6.07) is 12.6. The Labute approximate surface area is 174 Å². The van der Waals surface area contributed by atoms with E-state index in [1.54, 1.807) is 30.3 Å². The second-order valence-electron chi connectivity index (χ2n) is 6.82. The largest absolute Gasteiger partial charge is 0.426 e. The number of benzene rings is 2. The predicted octanol–water partition coefficient (Wildman–Crippen LogP) is 2.27. The maximum Gasteiger partial charge on any atom is 0.308 e. The number of carbonyl (C=O) groups excluding carboxylic acids is 1. The fourth-order valence-corrected chi connectivity index (χ4v) is 4.11. The van der Waals surface area contributed by atoms with E-state index in [1.807, 2.05) is 32.0 Å². The highest BCUT2D eigenvalue weighted by Gasteiger charge is 2.13. The van der Waals surface area contributed by atoms with Crippen LogP contribution in [0.4, 0.5) is 0 Å². The number of aryl methyl sites for hydroxylation is 2. The highest BCUT2D eigenvalue weighted by atomic mass is 32.1. The Hall–Kier alpha value is -3.65. The van der Waals surface area contributed by atoms with Crippen LogP contribution in [0.15, 0.2) is 52.1 Å². The summed E-state index contributed by atoms with van der Waals surface area (Å²) in [6.45, 7) is 5.02. The first-order chi connectivity index (χ1) is 14.3. The van der Waals surface area contributed by atoms with Crippen LogP contribution in [0.1, 0.15) is 23.6 Å². The number of aromatic nitrogens is 3. The van der Waals surface area contributed by atoms with E-state index in [0.717, 1.165) is 32.5 Å². The minimum absolute atomic E-state index is 0.131. The number of hydrogen-bond acceptors (Lipinski definition) is 7. The fourth-order valence-electron chi connectivity index (χ4n) is 3.21. The number of carbonyl (C=O) groups is 1. The van der Waals surface area contributed by atoms with Crippen LogP contribution in [-0.2, 0) is 4.79 Å². The molecule has 2 heterocycles. The molecule has 0 aliphatic carbocycles. The highest BCUT2D eigenvalue weighted by molar-refractivity contribution is 7.15. The minimum atomic E-state index is -0.480. The van der Waals surface area contributed by atoms with Crippen molar-refractivity contribution in [3.63, 3.8) is 0 Å². The number of rotatable bonds is 3. The molecule has 0 amide bonds. The molecule has 0 fully saturated rings. The normalized spacial score (nSPS) is 11.8. The van der Waals surface area contributed by atoms with Crippen LogP contribution >= 0.6 is 11.3 Å². The van der Waals surface area contributed by atoms with E-state index in [2.05, 4.69) is 10.1 Å². The van der Waals surface area contributed by atoms with Crippen molar-refractivity contribution in [1.82, 2.24) is 14.6 Å². The Balaban J connectivity index is 1.85.